The van der Waals surface area contributed by atoms with Gasteiger partial charge in [-0.2, -0.15) is 0 Å². The van der Waals surface area contributed by atoms with Crippen molar-refractivity contribution >= 4 is 0 Å². The van der Waals surface area contributed by atoms with Crippen LogP contribution in [0.25, 0.3) is 0 Å². The van der Waals surface area contributed by atoms with Gasteiger partial charge in [-0.25, -0.2) is 0 Å². The monoisotopic (exact) mass is 252 g/mol. The van der Waals surface area contributed by atoms with Crippen molar-refractivity contribution in [2.75, 3.05) is 0 Å². The van der Waals surface area contributed by atoms with E-state index in [0.29, 0.717) is 24.0 Å². The van der Waals surface area contributed by atoms with Crippen molar-refractivity contribution in [3.63, 3.8) is 0 Å². The molecule has 1 N–H and O–H groups in total. The Hall–Kier alpha value is -0.960. The Morgan fingerprint density at radius 1 is 0.944 bits per heavy atom. The van der Waals surface area contributed by atoms with Gasteiger partial charge in [0.05, 0.1) is 6.10 Å². The second-order valence-electron chi connectivity index (χ2n) is 5.02. The summed E-state index contributed by atoms with van der Waals surface area (Å²) in [6.07, 6.45) is 6.64. The summed E-state index contributed by atoms with van der Waals surface area (Å²) >= 11 is 0. The highest BCUT2D eigenvalue weighted by molar-refractivity contribution is 5.35. The van der Waals surface area contributed by atoms with Crippen LogP contribution >= 0.6 is 0 Å². The number of rotatable bonds is 9. The van der Waals surface area contributed by atoms with Gasteiger partial charge in [0.2, 0.25) is 10.9 Å². The van der Waals surface area contributed by atoms with Gasteiger partial charge < -0.3 is 5.11 Å². The summed E-state index contributed by atoms with van der Waals surface area (Å²) in [6.45, 7) is 4.20. The molecule has 0 spiro atoms. The maximum atomic E-state index is 11.5. The molecule has 0 radical (unpaired) electrons. The summed E-state index contributed by atoms with van der Waals surface area (Å²) in [6, 6.07) is 0. The second kappa shape index (κ2) is 7.47. The van der Waals surface area contributed by atoms with Crippen LogP contribution in [0.5, 0.6) is 0 Å². The molecule has 0 saturated carbocycles. The van der Waals surface area contributed by atoms with E-state index in [2.05, 4.69) is 13.8 Å². The third-order valence-electron chi connectivity index (χ3n) is 3.49. The van der Waals surface area contributed by atoms with Crippen LogP contribution in [-0.2, 0) is 6.42 Å². The summed E-state index contributed by atoms with van der Waals surface area (Å²) in [7, 11) is 0. The molecule has 0 saturated heterocycles. The smallest absolute Gasteiger partial charge is 0.232 e. The van der Waals surface area contributed by atoms with Gasteiger partial charge in [0.25, 0.3) is 0 Å². The minimum Gasteiger partial charge on any atom is -0.388 e. The Kier molecular flexibility index (Phi) is 6.27. The van der Waals surface area contributed by atoms with Gasteiger partial charge in [0.15, 0.2) is 0 Å². The molecule has 0 fully saturated rings. The van der Waals surface area contributed by atoms with Crippen LogP contribution in [0.3, 0.4) is 0 Å². The molecule has 18 heavy (non-hydrogen) atoms. The summed E-state index contributed by atoms with van der Waals surface area (Å²) in [5.74, 6) is 0. The fourth-order valence-electron chi connectivity index (χ4n) is 2.34. The molecule has 3 nitrogen and oxygen atoms in total. The molecule has 0 aliphatic carbocycles. The first-order valence-electron chi connectivity index (χ1n) is 7.13. The predicted molar refractivity (Wildman–Crippen MR) is 73.7 cm³/mol. The molecule has 102 valence electrons. The van der Waals surface area contributed by atoms with E-state index in [1.165, 1.54) is 0 Å². The van der Waals surface area contributed by atoms with Gasteiger partial charge in [0, 0.05) is 11.1 Å². The molecule has 0 aliphatic rings. The Balaban J connectivity index is 2.61. The first-order chi connectivity index (χ1) is 8.63. The molecule has 0 amide bonds. The fourth-order valence-corrected chi connectivity index (χ4v) is 2.34. The highest BCUT2D eigenvalue weighted by atomic mass is 16.3. The van der Waals surface area contributed by atoms with E-state index < -0.39 is 11.5 Å². The Labute approximate surface area is 109 Å². The van der Waals surface area contributed by atoms with Crippen LogP contribution in [0.1, 0.15) is 76.0 Å². The van der Waals surface area contributed by atoms with Crippen molar-refractivity contribution in [2.24, 2.45) is 0 Å². The SMILES string of the molecule is CCCCCc1c(C(O)CCCCC)c(=O)c1=O. The number of aliphatic hydroxyl groups is 1. The Bertz CT molecular complexity index is 427. The van der Waals surface area contributed by atoms with Gasteiger partial charge in [-0.05, 0) is 19.3 Å². The minimum atomic E-state index is -0.724. The lowest BCUT2D eigenvalue weighted by Crippen LogP contribution is -2.41. The Morgan fingerprint density at radius 3 is 2.17 bits per heavy atom. The summed E-state index contributed by atoms with van der Waals surface area (Å²) in [5.41, 5.74) is 0.186. The van der Waals surface area contributed by atoms with Gasteiger partial charge in [-0.1, -0.05) is 46.0 Å². The highest BCUT2D eigenvalue weighted by Crippen LogP contribution is 2.21. The zero-order valence-corrected chi connectivity index (χ0v) is 11.5. The minimum absolute atomic E-state index is 0.365. The van der Waals surface area contributed by atoms with Crippen LogP contribution in [0.4, 0.5) is 0 Å². The van der Waals surface area contributed by atoms with Gasteiger partial charge in [0.1, 0.15) is 0 Å². The molecule has 0 aromatic heterocycles. The average Bonchev–Trinajstić information content (AvgIpc) is 2.37. The number of hydrogen-bond acceptors (Lipinski definition) is 3. The molecule has 1 unspecified atom stereocenters. The normalized spacial score (nSPS) is 13.1. The first kappa shape index (κ1) is 15.1. The lowest BCUT2D eigenvalue weighted by molar-refractivity contribution is 0.159. The predicted octanol–water partition coefficient (Wildman–Crippen LogP) is 2.63. The standard InChI is InChI=1S/C15H24O3/c1-3-5-7-9-11-13(15(18)14(11)17)12(16)10-8-6-4-2/h12,16H,3-10H2,1-2H3. The van der Waals surface area contributed by atoms with Crippen molar-refractivity contribution in [2.45, 2.75) is 71.3 Å². The van der Waals surface area contributed by atoms with E-state index in [1.54, 1.807) is 0 Å². The van der Waals surface area contributed by atoms with Crippen LogP contribution in [0.15, 0.2) is 9.59 Å². The Morgan fingerprint density at radius 2 is 1.56 bits per heavy atom. The van der Waals surface area contributed by atoms with E-state index in [-0.39, 0.29) is 5.43 Å². The van der Waals surface area contributed by atoms with Gasteiger partial charge in [-0.15, -0.1) is 0 Å². The first-order valence-corrected chi connectivity index (χ1v) is 7.13. The van der Waals surface area contributed by atoms with Crippen LogP contribution in [-0.4, -0.2) is 5.11 Å². The van der Waals surface area contributed by atoms with Crippen molar-refractivity contribution in [1.29, 1.82) is 0 Å². The summed E-state index contributed by atoms with van der Waals surface area (Å²) in [4.78, 5) is 23.0. The molecular weight excluding hydrogens is 228 g/mol. The lowest BCUT2D eigenvalue weighted by atomic mass is 9.90. The van der Waals surface area contributed by atoms with E-state index in [1.807, 2.05) is 0 Å². The molecule has 0 bridgehead atoms. The van der Waals surface area contributed by atoms with Crippen LogP contribution in [0.2, 0.25) is 0 Å². The highest BCUT2D eigenvalue weighted by Gasteiger charge is 2.25. The average molecular weight is 252 g/mol. The zero-order valence-electron chi connectivity index (χ0n) is 11.5. The quantitative estimate of drug-likeness (QED) is 0.543. The molecule has 0 heterocycles. The second-order valence-corrected chi connectivity index (χ2v) is 5.02. The van der Waals surface area contributed by atoms with Gasteiger partial charge >= 0.3 is 0 Å². The molecular formula is C15H24O3. The van der Waals surface area contributed by atoms with E-state index in [0.717, 1.165) is 38.5 Å². The number of hydrogen-bond donors (Lipinski definition) is 1. The van der Waals surface area contributed by atoms with E-state index in [9.17, 15) is 14.7 Å². The molecule has 1 aromatic rings. The largest absolute Gasteiger partial charge is 0.388 e. The number of unbranched alkanes of at least 4 members (excludes halogenated alkanes) is 4. The summed E-state index contributed by atoms with van der Waals surface area (Å²) in [5, 5.41) is 9.98. The molecule has 1 atom stereocenters. The molecule has 1 aromatic carbocycles. The maximum absolute atomic E-state index is 11.5. The third-order valence-corrected chi connectivity index (χ3v) is 3.49. The third kappa shape index (κ3) is 3.52. The van der Waals surface area contributed by atoms with Crippen molar-refractivity contribution in [1.82, 2.24) is 0 Å². The lowest BCUT2D eigenvalue weighted by Gasteiger charge is -2.16. The van der Waals surface area contributed by atoms with Crippen LogP contribution in [0, 0.1) is 0 Å². The summed E-state index contributed by atoms with van der Waals surface area (Å²) < 4.78 is 0. The number of aliphatic hydroxyl groups excluding tert-OH is 1. The zero-order chi connectivity index (χ0) is 13.5. The fraction of sp³-hybridized carbons (Fsp3) is 0.733. The van der Waals surface area contributed by atoms with E-state index >= 15 is 0 Å². The molecule has 3 heteroatoms. The van der Waals surface area contributed by atoms with Crippen molar-refractivity contribution < 1.29 is 5.11 Å². The molecule has 0 aliphatic heterocycles. The van der Waals surface area contributed by atoms with Crippen molar-refractivity contribution in [3.8, 4) is 0 Å². The van der Waals surface area contributed by atoms with E-state index in [4.69, 9.17) is 0 Å². The van der Waals surface area contributed by atoms with Gasteiger partial charge in [-0.3, -0.25) is 9.59 Å². The maximum Gasteiger partial charge on any atom is 0.232 e. The van der Waals surface area contributed by atoms with Crippen LogP contribution < -0.4 is 10.9 Å². The molecule has 1 rings (SSSR count). The topological polar surface area (TPSA) is 54.4 Å². The van der Waals surface area contributed by atoms with Crippen molar-refractivity contribution in [3.05, 3.63) is 31.6 Å².